The average Bonchev–Trinajstić information content (AvgIpc) is 2.41. The van der Waals surface area contributed by atoms with E-state index in [2.05, 4.69) is 0 Å². The van der Waals surface area contributed by atoms with Gasteiger partial charge in [0.15, 0.2) is 0 Å². The van der Waals surface area contributed by atoms with E-state index in [1.54, 1.807) is 0 Å². The number of hydrogen-bond donors (Lipinski definition) is 0. The molecule has 4 heteroatoms. The minimum atomic E-state index is -0.495. The molecule has 7 aliphatic carbocycles. The maximum absolute atomic E-state index is 11.6. The van der Waals surface area contributed by atoms with Crippen LogP contribution in [0.3, 0.4) is 0 Å². The summed E-state index contributed by atoms with van der Waals surface area (Å²) < 4.78 is 6.25. The normalized spacial score (nSPS) is 89.1. The Morgan fingerprint density at radius 2 is 1.88 bits per heavy atom. The van der Waals surface area contributed by atoms with Gasteiger partial charge in [0, 0.05) is 28.6 Å². The third kappa shape index (κ3) is 0.261. The lowest BCUT2D eigenvalue weighted by molar-refractivity contribution is -0.618. The highest BCUT2D eigenvalue weighted by molar-refractivity contribution is 5.57. The maximum Gasteiger partial charge on any atom is 0.234 e. The van der Waals surface area contributed by atoms with Gasteiger partial charge in [0.2, 0.25) is 5.54 Å². The Morgan fingerprint density at radius 1 is 1.12 bits per heavy atom. The number of ether oxygens (including phenoxy) is 1. The molecule has 10 atom stereocenters. The Kier molecular flexibility index (Phi) is 0.565. The van der Waals surface area contributed by atoms with Crippen molar-refractivity contribution in [1.29, 1.82) is 0 Å². The monoisotopic (exact) mass is 217 g/mol. The van der Waals surface area contributed by atoms with E-state index < -0.39 is 5.54 Å². The molecular formula is C12H11NO3. The fourth-order valence-corrected chi connectivity index (χ4v) is 8.72. The van der Waals surface area contributed by atoms with E-state index in [4.69, 9.17) is 4.74 Å². The van der Waals surface area contributed by atoms with Gasteiger partial charge in [-0.2, -0.15) is 0 Å². The predicted molar refractivity (Wildman–Crippen MR) is 49.9 cm³/mol. The molecule has 0 amide bonds. The third-order valence-corrected chi connectivity index (χ3v) is 8.18. The first-order valence-electron chi connectivity index (χ1n) is 6.57. The topological polar surface area (TPSA) is 55.7 Å². The van der Waals surface area contributed by atoms with Gasteiger partial charge < -0.3 is 4.74 Å². The van der Waals surface area contributed by atoms with E-state index in [-0.39, 0.29) is 16.1 Å². The van der Waals surface area contributed by atoms with E-state index in [0.717, 1.165) is 12.3 Å². The number of rotatable bonds is 1. The zero-order valence-corrected chi connectivity index (χ0v) is 8.63. The summed E-state index contributed by atoms with van der Waals surface area (Å²) in [5.41, 5.74) is -0.251. The van der Waals surface area contributed by atoms with Crippen LogP contribution in [0.15, 0.2) is 0 Å². The molecule has 0 aromatic heterocycles. The Labute approximate surface area is 91.5 Å². The second kappa shape index (κ2) is 1.30. The average molecular weight is 217 g/mol. The van der Waals surface area contributed by atoms with Gasteiger partial charge >= 0.3 is 0 Å². The van der Waals surface area contributed by atoms with Crippen molar-refractivity contribution in [2.24, 2.45) is 41.4 Å². The quantitative estimate of drug-likeness (QED) is 0.369. The molecule has 2 spiro atoms. The molecule has 0 unspecified atom stereocenters. The number of nitrogens with zero attached hydrogens (tertiary/aromatic N) is 1. The van der Waals surface area contributed by atoms with Crippen molar-refractivity contribution in [3.8, 4) is 0 Å². The van der Waals surface area contributed by atoms with Gasteiger partial charge in [-0.25, -0.2) is 0 Å². The summed E-state index contributed by atoms with van der Waals surface area (Å²) in [6.45, 7) is 0. The van der Waals surface area contributed by atoms with Gasteiger partial charge in [0.1, 0.15) is 11.2 Å². The standard InChI is InChI=1S/C12H11NO3/c14-13(15)10-6-2-5-9(10)7-3-1-4(8(7)10)12(6)11(3,5)16-12/h3-9H,1-2H2/t3-,4-,5+,6+,7+,8+,9+,10+,11-,12-/m1/s1. The molecule has 8 rings (SSSR count). The smallest absolute Gasteiger partial charge is 0.234 e. The SMILES string of the molecule is O=[N+]([O-])[C@@]12[C@@H]3[C@H]4[C@@H]1[C@@H]1C[C@@H]2[C@@]25O[C@]12[C@@H]4C[C@H]35. The molecule has 0 aromatic rings. The summed E-state index contributed by atoms with van der Waals surface area (Å²) in [6.07, 6.45) is 2.40. The first-order valence-corrected chi connectivity index (χ1v) is 6.57. The number of epoxide rings is 1. The molecule has 0 radical (unpaired) electrons. The Morgan fingerprint density at radius 3 is 2.62 bits per heavy atom. The van der Waals surface area contributed by atoms with Crippen LogP contribution in [0.4, 0.5) is 0 Å². The molecule has 4 nitrogen and oxygen atoms in total. The molecular weight excluding hydrogens is 206 g/mol. The maximum atomic E-state index is 11.6. The molecule has 1 heterocycles. The first-order chi connectivity index (χ1) is 7.72. The second-order valence-corrected chi connectivity index (χ2v) is 7.31. The van der Waals surface area contributed by atoms with Crippen molar-refractivity contribution in [2.75, 3.05) is 0 Å². The first kappa shape index (κ1) is 6.94. The summed E-state index contributed by atoms with van der Waals surface area (Å²) >= 11 is 0. The highest BCUT2D eigenvalue weighted by Crippen LogP contribution is 3.02. The summed E-state index contributed by atoms with van der Waals surface area (Å²) in [7, 11) is 0. The molecule has 1 saturated heterocycles. The van der Waals surface area contributed by atoms with Crippen molar-refractivity contribution in [3.05, 3.63) is 10.1 Å². The fourth-order valence-electron chi connectivity index (χ4n) is 8.72. The highest BCUT2D eigenvalue weighted by atomic mass is 16.7. The van der Waals surface area contributed by atoms with Crippen molar-refractivity contribution >= 4 is 0 Å². The molecule has 1 aliphatic heterocycles. The van der Waals surface area contributed by atoms with Crippen molar-refractivity contribution in [1.82, 2.24) is 0 Å². The van der Waals surface area contributed by atoms with Gasteiger partial charge in [-0.1, -0.05) is 0 Å². The predicted octanol–water partition coefficient (Wildman–Crippen LogP) is 0.685. The summed E-state index contributed by atoms with van der Waals surface area (Å²) in [4.78, 5) is 11.8. The molecule has 8 fully saturated rings. The lowest BCUT2D eigenvalue weighted by atomic mass is 9.54. The van der Waals surface area contributed by atoms with E-state index in [0.29, 0.717) is 35.5 Å². The Balaban J connectivity index is 1.72. The van der Waals surface area contributed by atoms with E-state index in [1.807, 2.05) is 0 Å². The van der Waals surface area contributed by atoms with Crippen LogP contribution in [0, 0.1) is 51.5 Å². The lowest BCUT2D eigenvalue weighted by Crippen LogP contribution is -2.64. The second-order valence-electron chi connectivity index (χ2n) is 7.31. The summed E-state index contributed by atoms with van der Waals surface area (Å²) in [5.74, 6) is 3.75. The van der Waals surface area contributed by atoms with Crippen LogP contribution in [-0.4, -0.2) is 21.7 Å². The fraction of sp³-hybridized carbons (Fsp3) is 1.00. The van der Waals surface area contributed by atoms with Crippen molar-refractivity contribution in [2.45, 2.75) is 29.6 Å². The van der Waals surface area contributed by atoms with Crippen LogP contribution >= 0.6 is 0 Å². The van der Waals surface area contributed by atoms with Gasteiger partial charge in [0.25, 0.3) is 0 Å². The van der Waals surface area contributed by atoms with Gasteiger partial charge in [-0.05, 0) is 24.7 Å². The van der Waals surface area contributed by atoms with Crippen LogP contribution in [0.1, 0.15) is 12.8 Å². The van der Waals surface area contributed by atoms with Crippen molar-refractivity contribution in [3.63, 3.8) is 0 Å². The molecule has 4 bridgehead atoms. The zero-order valence-electron chi connectivity index (χ0n) is 8.63. The van der Waals surface area contributed by atoms with E-state index in [1.165, 1.54) is 6.42 Å². The molecule has 16 heavy (non-hydrogen) atoms. The minimum Gasteiger partial charge on any atom is -0.361 e. The van der Waals surface area contributed by atoms with Crippen LogP contribution in [0.25, 0.3) is 0 Å². The third-order valence-electron chi connectivity index (χ3n) is 8.18. The largest absolute Gasteiger partial charge is 0.361 e. The van der Waals surface area contributed by atoms with Crippen LogP contribution in [0.2, 0.25) is 0 Å². The van der Waals surface area contributed by atoms with Crippen LogP contribution in [-0.2, 0) is 4.74 Å². The van der Waals surface area contributed by atoms with E-state index >= 15 is 0 Å². The molecule has 82 valence electrons. The van der Waals surface area contributed by atoms with Crippen molar-refractivity contribution < 1.29 is 9.66 Å². The summed E-state index contributed by atoms with van der Waals surface area (Å²) in [6, 6.07) is 0. The molecule has 7 saturated carbocycles. The van der Waals surface area contributed by atoms with Gasteiger partial charge in [0.05, 0.1) is 5.92 Å². The molecule has 0 aromatic carbocycles. The van der Waals surface area contributed by atoms with Crippen LogP contribution < -0.4 is 0 Å². The number of nitro groups is 1. The van der Waals surface area contributed by atoms with Crippen LogP contribution in [0.5, 0.6) is 0 Å². The number of hydrogen-bond acceptors (Lipinski definition) is 3. The minimum absolute atomic E-state index is 0.0452. The highest BCUT2D eigenvalue weighted by Gasteiger charge is 3.13. The van der Waals surface area contributed by atoms with Gasteiger partial charge in [-0.3, -0.25) is 10.1 Å². The Bertz CT molecular complexity index is 536. The summed E-state index contributed by atoms with van der Waals surface area (Å²) in [5, 5.41) is 11.6. The molecule has 8 aliphatic rings. The lowest BCUT2D eigenvalue weighted by Gasteiger charge is -2.47. The Hall–Kier alpha value is -0.640. The van der Waals surface area contributed by atoms with E-state index in [9.17, 15) is 10.1 Å². The molecule has 0 N–H and O–H groups in total. The van der Waals surface area contributed by atoms with Gasteiger partial charge in [-0.15, -0.1) is 0 Å². The zero-order chi connectivity index (χ0) is 10.2.